The number of thiazole rings is 1. The van der Waals surface area contributed by atoms with Crippen molar-refractivity contribution in [2.75, 3.05) is 26.8 Å². The van der Waals surface area contributed by atoms with Crippen LogP contribution in [0.15, 0.2) is 29.3 Å². The van der Waals surface area contributed by atoms with Crippen LogP contribution in [0.25, 0.3) is 0 Å². The first kappa shape index (κ1) is 27.2. The highest BCUT2D eigenvalue weighted by Gasteiger charge is 2.20. The summed E-state index contributed by atoms with van der Waals surface area (Å²) in [5.41, 5.74) is 1.50. The molecule has 7 nitrogen and oxygen atoms in total. The number of aliphatic imine (C=N–C) groups is 1. The number of ether oxygens (including phenoxy) is 2. The molecule has 0 amide bonds. The van der Waals surface area contributed by atoms with Gasteiger partial charge in [-0.2, -0.15) is 0 Å². The van der Waals surface area contributed by atoms with E-state index in [1.165, 1.54) is 23.5 Å². The number of esters is 1. The maximum atomic E-state index is 13.2. The molecule has 2 atom stereocenters. The first-order valence-electron chi connectivity index (χ1n) is 9.87. The van der Waals surface area contributed by atoms with Crippen molar-refractivity contribution < 1.29 is 18.7 Å². The Morgan fingerprint density at radius 3 is 2.55 bits per heavy atom. The lowest BCUT2D eigenvalue weighted by Crippen LogP contribution is -2.39. The highest BCUT2D eigenvalue weighted by atomic mass is 127. The number of carbonyl (C=O) groups excluding carboxylic acids is 1. The van der Waals surface area contributed by atoms with Gasteiger partial charge >= 0.3 is 5.97 Å². The van der Waals surface area contributed by atoms with Gasteiger partial charge in [-0.3, -0.25) is 4.99 Å². The van der Waals surface area contributed by atoms with Gasteiger partial charge in [0.2, 0.25) is 0 Å². The molecule has 1 heterocycles. The molecule has 0 aliphatic heterocycles. The molecule has 0 radical (unpaired) electrons. The van der Waals surface area contributed by atoms with Gasteiger partial charge in [0, 0.05) is 13.7 Å². The van der Waals surface area contributed by atoms with Crippen molar-refractivity contribution in [3.8, 4) is 0 Å². The van der Waals surface area contributed by atoms with Gasteiger partial charge in [-0.1, -0.05) is 12.1 Å². The van der Waals surface area contributed by atoms with Crippen LogP contribution >= 0.6 is 35.3 Å². The third-order valence-electron chi connectivity index (χ3n) is 4.28. The fraction of sp³-hybridized carbons (Fsp3) is 0.476. The zero-order valence-electron chi connectivity index (χ0n) is 18.4. The van der Waals surface area contributed by atoms with Gasteiger partial charge in [-0.25, -0.2) is 14.2 Å². The van der Waals surface area contributed by atoms with Crippen LogP contribution in [0.4, 0.5) is 4.39 Å². The van der Waals surface area contributed by atoms with Crippen LogP contribution < -0.4 is 10.6 Å². The minimum absolute atomic E-state index is 0. The molecule has 0 fully saturated rings. The number of carbonyl (C=O) groups is 1. The van der Waals surface area contributed by atoms with E-state index in [4.69, 9.17) is 9.47 Å². The SMILES string of the molecule is CCNC(=NCC(OC)c1ccc(F)cc1)NC(C)c1nc(C)c(C(=O)OCC)s1.I. The van der Waals surface area contributed by atoms with Gasteiger partial charge in [0.1, 0.15) is 21.8 Å². The Labute approximate surface area is 203 Å². The molecule has 0 aliphatic rings. The Morgan fingerprint density at radius 1 is 1.29 bits per heavy atom. The number of aromatic nitrogens is 1. The predicted molar refractivity (Wildman–Crippen MR) is 132 cm³/mol. The second-order valence-electron chi connectivity index (χ2n) is 6.55. The topological polar surface area (TPSA) is 84.8 Å². The highest BCUT2D eigenvalue weighted by Crippen LogP contribution is 2.24. The zero-order valence-corrected chi connectivity index (χ0v) is 21.5. The number of nitrogens with one attached hydrogen (secondary N) is 2. The lowest BCUT2D eigenvalue weighted by Gasteiger charge is -2.18. The van der Waals surface area contributed by atoms with Crippen LogP contribution in [0.2, 0.25) is 0 Å². The third-order valence-corrected chi connectivity index (χ3v) is 5.60. The van der Waals surface area contributed by atoms with Crippen LogP contribution in [0.1, 0.15) is 58.9 Å². The standard InChI is InChI=1S/C21H29FN4O3S.HI/c1-6-23-21(24-12-17(28-5)15-8-10-16(22)11-9-15)26-14(4)19-25-13(3)18(30-19)20(27)29-7-2;/h8-11,14,17H,6-7,12H2,1-5H3,(H2,23,24,26);1H. The molecule has 2 rings (SSSR count). The Kier molecular flexibility index (Phi) is 11.9. The summed E-state index contributed by atoms with van der Waals surface area (Å²) in [7, 11) is 1.60. The van der Waals surface area contributed by atoms with Crippen molar-refractivity contribution in [3.05, 3.63) is 51.2 Å². The number of guanidine groups is 1. The van der Waals surface area contributed by atoms with Crippen molar-refractivity contribution in [2.24, 2.45) is 4.99 Å². The molecule has 2 N–H and O–H groups in total. The molecule has 1 aromatic heterocycles. The summed E-state index contributed by atoms with van der Waals surface area (Å²) in [5.74, 6) is -0.0460. The number of hydrogen-bond acceptors (Lipinski definition) is 6. The summed E-state index contributed by atoms with van der Waals surface area (Å²) in [4.78, 5) is 21.7. The molecule has 31 heavy (non-hydrogen) atoms. The summed E-state index contributed by atoms with van der Waals surface area (Å²) < 4.78 is 23.8. The number of nitrogens with zero attached hydrogens (tertiary/aromatic N) is 2. The molecule has 0 saturated carbocycles. The lowest BCUT2D eigenvalue weighted by atomic mass is 10.1. The average Bonchev–Trinajstić information content (AvgIpc) is 3.12. The van der Waals surface area contributed by atoms with Gasteiger partial charge < -0.3 is 20.1 Å². The Hall–Kier alpha value is -1.79. The van der Waals surface area contributed by atoms with Gasteiger partial charge in [0.15, 0.2) is 5.96 Å². The van der Waals surface area contributed by atoms with Crippen LogP contribution in [0, 0.1) is 12.7 Å². The number of methoxy groups -OCH3 is 1. The van der Waals surface area contributed by atoms with E-state index in [-0.39, 0.29) is 47.9 Å². The van der Waals surface area contributed by atoms with E-state index in [2.05, 4.69) is 20.6 Å². The molecule has 1 aromatic carbocycles. The molecule has 10 heteroatoms. The second kappa shape index (κ2) is 13.6. The molecule has 0 bridgehead atoms. The molecule has 2 aromatic rings. The maximum absolute atomic E-state index is 13.2. The largest absolute Gasteiger partial charge is 0.462 e. The van der Waals surface area contributed by atoms with E-state index in [0.717, 1.165) is 10.6 Å². The second-order valence-corrected chi connectivity index (χ2v) is 7.58. The summed E-state index contributed by atoms with van der Waals surface area (Å²) >= 11 is 1.31. The van der Waals surface area contributed by atoms with Crippen molar-refractivity contribution in [2.45, 2.75) is 39.8 Å². The van der Waals surface area contributed by atoms with Crippen LogP contribution in [-0.4, -0.2) is 43.7 Å². The first-order valence-corrected chi connectivity index (χ1v) is 10.7. The molecule has 0 spiro atoms. The van der Waals surface area contributed by atoms with E-state index in [1.54, 1.807) is 33.1 Å². The Bertz CT molecular complexity index is 861. The fourth-order valence-corrected chi connectivity index (χ4v) is 3.71. The van der Waals surface area contributed by atoms with Gasteiger partial charge in [0.25, 0.3) is 0 Å². The molecular weight excluding hydrogens is 534 g/mol. The quantitative estimate of drug-likeness (QED) is 0.204. The summed E-state index contributed by atoms with van der Waals surface area (Å²) in [6.07, 6.45) is -0.297. The molecular formula is C21H30FIN4O3S. The minimum atomic E-state index is -0.353. The van der Waals surface area contributed by atoms with Crippen LogP contribution in [0.3, 0.4) is 0 Å². The monoisotopic (exact) mass is 564 g/mol. The van der Waals surface area contributed by atoms with Gasteiger partial charge in [0.05, 0.1) is 24.9 Å². The van der Waals surface area contributed by atoms with Crippen LogP contribution in [-0.2, 0) is 9.47 Å². The smallest absolute Gasteiger partial charge is 0.350 e. The fourth-order valence-electron chi connectivity index (χ4n) is 2.74. The number of rotatable bonds is 9. The van der Waals surface area contributed by atoms with Crippen molar-refractivity contribution >= 4 is 47.2 Å². The molecule has 0 aliphatic carbocycles. The molecule has 2 unspecified atom stereocenters. The minimum Gasteiger partial charge on any atom is -0.462 e. The van der Waals surface area contributed by atoms with Crippen molar-refractivity contribution in [1.82, 2.24) is 15.6 Å². The third kappa shape index (κ3) is 8.00. The summed E-state index contributed by atoms with van der Waals surface area (Å²) in [6, 6.07) is 6.03. The molecule has 0 saturated heterocycles. The average molecular weight is 564 g/mol. The van der Waals surface area contributed by atoms with E-state index in [0.29, 0.717) is 36.2 Å². The number of halogens is 2. The zero-order chi connectivity index (χ0) is 22.1. The Balaban J connectivity index is 0.00000480. The molecule has 172 valence electrons. The van der Waals surface area contributed by atoms with E-state index in [9.17, 15) is 9.18 Å². The highest BCUT2D eigenvalue weighted by molar-refractivity contribution is 14.0. The summed E-state index contributed by atoms with van der Waals surface area (Å²) in [6.45, 7) is 8.86. The van der Waals surface area contributed by atoms with Crippen molar-refractivity contribution in [3.63, 3.8) is 0 Å². The summed E-state index contributed by atoms with van der Waals surface area (Å²) in [5, 5.41) is 7.27. The number of hydrogen-bond donors (Lipinski definition) is 2. The Morgan fingerprint density at radius 2 is 1.97 bits per heavy atom. The van der Waals surface area contributed by atoms with Crippen molar-refractivity contribution in [1.29, 1.82) is 0 Å². The normalized spacial score (nSPS) is 13.2. The first-order chi connectivity index (χ1) is 14.4. The number of benzene rings is 1. The van der Waals surface area contributed by atoms with Gasteiger partial charge in [-0.05, 0) is 45.4 Å². The maximum Gasteiger partial charge on any atom is 0.350 e. The van der Waals surface area contributed by atoms with E-state index < -0.39 is 0 Å². The predicted octanol–water partition coefficient (Wildman–Crippen LogP) is 4.39. The lowest BCUT2D eigenvalue weighted by molar-refractivity contribution is 0.0531. The van der Waals surface area contributed by atoms with E-state index >= 15 is 0 Å². The van der Waals surface area contributed by atoms with Gasteiger partial charge in [-0.15, -0.1) is 35.3 Å². The van der Waals surface area contributed by atoms with Crippen LogP contribution in [0.5, 0.6) is 0 Å². The number of aryl methyl sites for hydroxylation is 1. The van der Waals surface area contributed by atoms with E-state index in [1.807, 2.05) is 13.8 Å².